The van der Waals surface area contributed by atoms with Gasteiger partial charge in [0.2, 0.25) is 0 Å². The number of hydrogen-bond acceptors (Lipinski definition) is 8. The first kappa shape index (κ1) is 30.2. The van der Waals surface area contributed by atoms with Crippen LogP contribution < -0.4 is 5.73 Å². The zero-order valence-corrected chi connectivity index (χ0v) is 26.8. The molecule has 37 heavy (non-hydrogen) atoms. The lowest BCUT2D eigenvalue weighted by molar-refractivity contribution is -0.253. The number of anilines is 1. The predicted molar refractivity (Wildman–Crippen MR) is 153 cm³/mol. The van der Waals surface area contributed by atoms with Crippen LogP contribution in [0.25, 0.3) is 11.2 Å². The molecule has 0 spiro atoms. The summed E-state index contributed by atoms with van der Waals surface area (Å²) in [5, 5.41) is 0.106. The topological polar surface area (TPSA) is 107 Å². The minimum atomic E-state index is -2.15. The van der Waals surface area contributed by atoms with E-state index >= 15 is 0 Å². The molecule has 0 unspecified atom stereocenters. The average Bonchev–Trinajstić information content (AvgIpc) is 3.33. The standard InChI is InChI=1S/C26H49N5O4Si2/c1-12-13-14-32-26(16-33-36(8,9)24(2,3)4)15-19(35-37(10,11)25(5,6)7)23(34-26)31-18-30-20-21(27)28-17-29-22(20)31/h17-19,23H,12-16H2,1-11H3,(H2,27,28,29)/t19-,23-,26-/m1/s1. The van der Waals surface area contributed by atoms with Gasteiger partial charge in [-0.15, -0.1) is 0 Å². The SMILES string of the molecule is CCCCO[C@]1(CO[Si](C)(C)C(C)(C)C)C[C@@H](O[Si](C)(C)C(C)(C)C)[C@H](n2cnc3c(N)ncnc32)O1. The van der Waals surface area contributed by atoms with Crippen LogP contribution in [0.2, 0.25) is 36.3 Å². The van der Waals surface area contributed by atoms with Crippen molar-refractivity contribution in [3.05, 3.63) is 12.7 Å². The second kappa shape index (κ2) is 10.7. The van der Waals surface area contributed by atoms with E-state index in [0.29, 0.717) is 36.6 Å². The number of unbranched alkanes of at least 4 members (excludes halogenated alkanes) is 1. The Morgan fingerprint density at radius 1 is 1.05 bits per heavy atom. The molecular formula is C26H49N5O4Si2. The van der Waals surface area contributed by atoms with Gasteiger partial charge in [0.15, 0.2) is 40.1 Å². The van der Waals surface area contributed by atoms with Crippen LogP contribution in [0.15, 0.2) is 12.7 Å². The van der Waals surface area contributed by atoms with Crippen LogP contribution in [0, 0.1) is 0 Å². The summed E-state index contributed by atoms with van der Waals surface area (Å²) in [4.78, 5) is 13.1. The third kappa shape index (κ3) is 6.44. The predicted octanol–water partition coefficient (Wildman–Crippen LogP) is 6.25. The summed E-state index contributed by atoms with van der Waals surface area (Å²) in [5.41, 5.74) is 7.28. The Hall–Kier alpha value is -1.38. The Kier molecular flexibility index (Phi) is 8.68. The van der Waals surface area contributed by atoms with E-state index in [-0.39, 0.29) is 16.2 Å². The van der Waals surface area contributed by atoms with Crippen molar-refractivity contribution in [2.75, 3.05) is 18.9 Å². The van der Waals surface area contributed by atoms with E-state index in [0.717, 1.165) is 12.8 Å². The Labute approximate surface area is 225 Å². The molecule has 1 aliphatic rings. The van der Waals surface area contributed by atoms with Gasteiger partial charge in [0.05, 0.1) is 25.6 Å². The average molecular weight is 552 g/mol. The number of nitrogen functional groups attached to an aromatic ring is 1. The lowest BCUT2D eigenvalue weighted by Crippen LogP contribution is -2.48. The molecule has 1 saturated heterocycles. The second-order valence-electron chi connectivity index (χ2n) is 13.4. The van der Waals surface area contributed by atoms with Gasteiger partial charge in [0.25, 0.3) is 0 Å². The molecular weight excluding hydrogens is 502 g/mol. The van der Waals surface area contributed by atoms with Crippen LogP contribution >= 0.6 is 0 Å². The summed E-state index contributed by atoms with van der Waals surface area (Å²) in [6.45, 7) is 25.6. The van der Waals surface area contributed by atoms with Crippen molar-refractivity contribution in [3.8, 4) is 0 Å². The van der Waals surface area contributed by atoms with Crippen LogP contribution in [0.3, 0.4) is 0 Å². The van der Waals surface area contributed by atoms with Crippen LogP contribution in [0.5, 0.6) is 0 Å². The number of hydrogen-bond donors (Lipinski definition) is 1. The largest absolute Gasteiger partial charge is 0.411 e. The molecule has 3 rings (SSSR count). The van der Waals surface area contributed by atoms with E-state index in [1.54, 1.807) is 6.33 Å². The molecule has 2 aromatic rings. The van der Waals surface area contributed by atoms with Crippen LogP contribution in [-0.4, -0.2) is 61.3 Å². The fourth-order valence-electron chi connectivity index (χ4n) is 3.84. The molecule has 0 saturated carbocycles. The van der Waals surface area contributed by atoms with E-state index in [9.17, 15) is 0 Å². The lowest BCUT2D eigenvalue weighted by Gasteiger charge is -2.40. The summed E-state index contributed by atoms with van der Waals surface area (Å²) < 4.78 is 29.0. The van der Waals surface area contributed by atoms with E-state index < -0.39 is 28.6 Å². The highest BCUT2D eigenvalue weighted by molar-refractivity contribution is 6.74. The van der Waals surface area contributed by atoms with E-state index in [4.69, 9.17) is 24.1 Å². The molecule has 3 atom stereocenters. The summed E-state index contributed by atoms with van der Waals surface area (Å²) in [6, 6.07) is 0. The van der Waals surface area contributed by atoms with Gasteiger partial charge in [-0.05, 0) is 42.7 Å². The van der Waals surface area contributed by atoms with Crippen LogP contribution in [0.1, 0.15) is 74.0 Å². The third-order valence-corrected chi connectivity index (χ3v) is 17.4. The maximum atomic E-state index is 7.01. The number of nitrogens with zero attached hydrogens (tertiary/aromatic N) is 4. The van der Waals surface area contributed by atoms with Gasteiger partial charge in [-0.25, -0.2) is 15.0 Å². The molecule has 2 aromatic heterocycles. The van der Waals surface area contributed by atoms with Gasteiger partial charge in [-0.3, -0.25) is 4.57 Å². The number of ether oxygens (including phenoxy) is 2. The molecule has 1 aliphatic heterocycles. The van der Waals surface area contributed by atoms with E-state index in [2.05, 4.69) is 89.6 Å². The van der Waals surface area contributed by atoms with Crippen molar-refractivity contribution in [2.24, 2.45) is 0 Å². The maximum Gasteiger partial charge on any atom is 0.195 e. The summed E-state index contributed by atoms with van der Waals surface area (Å²) in [7, 11) is -4.21. The first-order chi connectivity index (χ1) is 16.9. The van der Waals surface area contributed by atoms with Crippen molar-refractivity contribution in [3.63, 3.8) is 0 Å². The highest BCUT2D eigenvalue weighted by Gasteiger charge is 2.54. The van der Waals surface area contributed by atoms with Gasteiger partial charge >= 0.3 is 0 Å². The molecule has 9 nitrogen and oxygen atoms in total. The lowest BCUT2D eigenvalue weighted by atomic mass is 10.1. The zero-order chi connectivity index (χ0) is 27.9. The number of nitrogens with two attached hydrogens (primary N) is 1. The van der Waals surface area contributed by atoms with Crippen molar-refractivity contribution >= 4 is 33.6 Å². The van der Waals surface area contributed by atoms with Crippen molar-refractivity contribution in [1.82, 2.24) is 19.5 Å². The Bertz CT molecular complexity index is 1060. The summed E-state index contributed by atoms with van der Waals surface area (Å²) in [6.07, 6.45) is 4.97. The molecule has 3 heterocycles. The van der Waals surface area contributed by atoms with E-state index in [1.165, 1.54) is 6.33 Å². The maximum absolute atomic E-state index is 7.01. The number of imidazole rings is 1. The fraction of sp³-hybridized carbons (Fsp3) is 0.808. The van der Waals surface area contributed by atoms with E-state index in [1.807, 2.05) is 4.57 Å². The first-order valence-electron chi connectivity index (χ1n) is 13.5. The van der Waals surface area contributed by atoms with Crippen molar-refractivity contribution < 1.29 is 18.3 Å². The Balaban J connectivity index is 2.03. The monoisotopic (exact) mass is 551 g/mol. The molecule has 11 heteroatoms. The molecule has 2 N–H and O–H groups in total. The molecule has 0 aromatic carbocycles. The summed E-state index contributed by atoms with van der Waals surface area (Å²) in [5.74, 6) is -0.590. The normalized spacial score (nSPS) is 23.8. The highest BCUT2D eigenvalue weighted by Crippen LogP contribution is 2.47. The van der Waals surface area contributed by atoms with Crippen LogP contribution in [-0.2, 0) is 18.3 Å². The van der Waals surface area contributed by atoms with Crippen molar-refractivity contribution in [1.29, 1.82) is 0 Å². The first-order valence-corrected chi connectivity index (χ1v) is 19.3. The molecule has 210 valence electrons. The fourth-order valence-corrected chi connectivity index (χ4v) is 6.16. The zero-order valence-electron chi connectivity index (χ0n) is 24.8. The van der Waals surface area contributed by atoms with Crippen molar-refractivity contribution in [2.45, 2.75) is 122 Å². The minimum Gasteiger partial charge on any atom is -0.411 e. The molecule has 0 aliphatic carbocycles. The van der Waals surface area contributed by atoms with Gasteiger partial charge in [-0.2, -0.15) is 0 Å². The number of aromatic nitrogens is 4. The molecule has 0 bridgehead atoms. The molecule has 0 radical (unpaired) electrons. The minimum absolute atomic E-state index is 0.0348. The van der Waals surface area contributed by atoms with Gasteiger partial charge in [-0.1, -0.05) is 54.9 Å². The smallest absolute Gasteiger partial charge is 0.195 e. The Morgan fingerprint density at radius 3 is 2.30 bits per heavy atom. The highest BCUT2D eigenvalue weighted by atomic mass is 28.4. The number of rotatable bonds is 10. The number of fused-ring (bicyclic) bond motifs is 1. The van der Waals surface area contributed by atoms with Crippen LogP contribution in [0.4, 0.5) is 5.82 Å². The second-order valence-corrected chi connectivity index (χ2v) is 22.9. The Morgan fingerprint density at radius 2 is 1.70 bits per heavy atom. The molecule has 1 fully saturated rings. The third-order valence-electron chi connectivity index (χ3n) is 8.40. The van der Waals surface area contributed by atoms with Gasteiger partial charge < -0.3 is 24.1 Å². The van der Waals surface area contributed by atoms with Gasteiger partial charge in [0.1, 0.15) is 11.8 Å². The summed E-state index contributed by atoms with van der Waals surface area (Å²) >= 11 is 0. The molecule has 0 amide bonds. The quantitative estimate of drug-likeness (QED) is 0.273. The van der Waals surface area contributed by atoms with Gasteiger partial charge in [0, 0.05) is 6.42 Å².